The summed E-state index contributed by atoms with van der Waals surface area (Å²) >= 11 is 3.23. The number of halogens is 1. The number of fused-ring (bicyclic) bond motifs is 1. The van der Waals surface area contributed by atoms with Crippen molar-refractivity contribution in [3.63, 3.8) is 0 Å². The van der Waals surface area contributed by atoms with E-state index < -0.39 is 0 Å². The first-order valence-electron chi connectivity index (χ1n) is 3.63. The molecule has 0 bridgehead atoms. The zero-order valence-corrected chi connectivity index (χ0v) is 8.09. The van der Waals surface area contributed by atoms with Gasteiger partial charge in [0.2, 0.25) is 0 Å². The fourth-order valence-electron chi connectivity index (χ4n) is 1.14. The summed E-state index contributed by atoms with van der Waals surface area (Å²) in [7, 11) is 0. The maximum Gasteiger partial charge on any atom is 0.259 e. The molecule has 2 N–H and O–H groups in total. The lowest BCUT2D eigenvalue weighted by atomic mass is 10.3. The largest absolute Gasteiger partial charge is 0.457 e. The highest BCUT2D eigenvalue weighted by Gasteiger charge is 2.08. The average molecular weight is 244 g/mol. The molecule has 13 heavy (non-hydrogen) atoms. The topological polar surface area (TPSA) is 66.2 Å². The second-order valence-electron chi connectivity index (χ2n) is 2.58. The highest BCUT2D eigenvalue weighted by molar-refractivity contribution is 9.10. The van der Waals surface area contributed by atoms with Gasteiger partial charge in [-0.05, 0) is 22.0 Å². The number of hydrogen-bond donors (Lipinski definition) is 2. The van der Waals surface area contributed by atoms with Crippen molar-refractivity contribution in [2.75, 3.05) is 0 Å². The van der Waals surface area contributed by atoms with Crippen molar-refractivity contribution in [2.24, 2.45) is 0 Å². The van der Waals surface area contributed by atoms with Crippen molar-refractivity contribution < 1.29 is 9.52 Å². The predicted molar refractivity (Wildman–Crippen MR) is 50.5 cm³/mol. The number of aromatic nitrogens is 1. The van der Waals surface area contributed by atoms with Gasteiger partial charge in [-0.1, -0.05) is 0 Å². The summed E-state index contributed by atoms with van der Waals surface area (Å²) in [6.07, 6.45) is 1.51. The van der Waals surface area contributed by atoms with Crippen molar-refractivity contribution in [3.8, 4) is 0 Å². The molecule has 0 unspecified atom stereocenters. The third-order valence-electron chi connectivity index (χ3n) is 1.73. The van der Waals surface area contributed by atoms with Crippen LogP contribution >= 0.6 is 15.9 Å². The summed E-state index contributed by atoms with van der Waals surface area (Å²) in [6.45, 7) is -0.208. The predicted octanol–water partition coefficient (Wildman–Crippen LogP) is 1.38. The van der Waals surface area contributed by atoms with Gasteiger partial charge in [-0.3, -0.25) is 4.79 Å². The molecule has 68 valence electrons. The third kappa shape index (κ3) is 1.30. The minimum Gasteiger partial charge on any atom is -0.457 e. The van der Waals surface area contributed by atoms with Crippen LogP contribution in [0.25, 0.3) is 11.0 Å². The summed E-state index contributed by atoms with van der Waals surface area (Å²) in [5.41, 5.74) is 0.245. The number of rotatable bonds is 1. The fraction of sp³-hybridized carbons (Fsp3) is 0.125. The van der Waals surface area contributed by atoms with Crippen LogP contribution in [0.5, 0.6) is 0 Å². The van der Waals surface area contributed by atoms with Crippen molar-refractivity contribution in [3.05, 3.63) is 32.8 Å². The van der Waals surface area contributed by atoms with Crippen LogP contribution in [0.3, 0.4) is 0 Å². The van der Waals surface area contributed by atoms with Gasteiger partial charge in [-0.25, -0.2) is 0 Å². The van der Waals surface area contributed by atoms with Gasteiger partial charge in [-0.15, -0.1) is 0 Å². The molecule has 0 amide bonds. The van der Waals surface area contributed by atoms with Crippen LogP contribution in [0.4, 0.5) is 0 Å². The van der Waals surface area contributed by atoms with E-state index in [-0.39, 0.29) is 12.2 Å². The van der Waals surface area contributed by atoms with Gasteiger partial charge in [0.15, 0.2) is 5.58 Å². The minimum absolute atomic E-state index is 0.208. The quantitative estimate of drug-likeness (QED) is 0.796. The molecule has 0 aliphatic heterocycles. The zero-order valence-electron chi connectivity index (χ0n) is 6.50. The Kier molecular flexibility index (Phi) is 1.97. The van der Waals surface area contributed by atoms with Gasteiger partial charge in [0.1, 0.15) is 12.4 Å². The van der Waals surface area contributed by atoms with Crippen LogP contribution in [-0.2, 0) is 6.61 Å². The molecule has 0 spiro atoms. The van der Waals surface area contributed by atoms with E-state index in [1.165, 1.54) is 12.3 Å². The van der Waals surface area contributed by atoms with Gasteiger partial charge in [-0.2, -0.15) is 0 Å². The molecule has 0 aromatic carbocycles. The first kappa shape index (κ1) is 8.52. The highest BCUT2D eigenvalue weighted by atomic mass is 79.9. The zero-order chi connectivity index (χ0) is 9.42. The van der Waals surface area contributed by atoms with Gasteiger partial charge < -0.3 is 14.5 Å². The van der Waals surface area contributed by atoms with E-state index in [1.54, 1.807) is 0 Å². The summed E-state index contributed by atoms with van der Waals surface area (Å²) in [5.74, 6) is 0.382. The van der Waals surface area contributed by atoms with Crippen molar-refractivity contribution >= 4 is 26.9 Å². The van der Waals surface area contributed by atoms with Crippen molar-refractivity contribution in [1.29, 1.82) is 0 Å². The molecule has 4 nitrogen and oxygen atoms in total. The summed E-state index contributed by atoms with van der Waals surface area (Å²) in [5, 5.41) is 9.24. The number of nitrogens with one attached hydrogen (secondary N) is 1. The Hall–Kier alpha value is -1.07. The lowest BCUT2D eigenvalue weighted by Crippen LogP contribution is -2.03. The number of aliphatic hydroxyl groups excluding tert-OH is 1. The number of aliphatic hydroxyl groups is 1. The Morgan fingerprint density at radius 1 is 1.62 bits per heavy atom. The first-order chi connectivity index (χ1) is 6.22. The Bertz CT molecular complexity index is 500. The Balaban J connectivity index is 2.88. The van der Waals surface area contributed by atoms with Crippen LogP contribution in [0, 0.1) is 0 Å². The van der Waals surface area contributed by atoms with Crippen molar-refractivity contribution in [2.45, 2.75) is 6.61 Å². The number of aromatic amines is 1. The number of pyridine rings is 1. The SMILES string of the molecule is O=c1[nH]cc(Br)c2oc(CO)cc12. The van der Waals surface area contributed by atoms with Crippen LogP contribution in [-0.4, -0.2) is 10.1 Å². The van der Waals surface area contributed by atoms with E-state index in [4.69, 9.17) is 9.52 Å². The smallest absolute Gasteiger partial charge is 0.259 e. The lowest BCUT2D eigenvalue weighted by Gasteiger charge is -1.90. The normalized spacial score (nSPS) is 10.9. The van der Waals surface area contributed by atoms with Crippen LogP contribution in [0.1, 0.15) is 5.76 Å². The Labute approximate surface area is 81.3 Å². The summed E-state index contributed by atoms with van der Waals surface area (Å²) < 4.78 is 5.88. The molecule has 2 heterocycles. The summed E-state index contributed by atoms with van der Waals surface area (Å²) in [4.78, 5) is 13.8. The second-order valence-corrected chi connectivity index (χ2v) is 3.43. The molecule has 5 heteroatoms. The van der Waals surface area contributed by atoms with E-state index in [0.717, 1.165) is 0 Å². The molecule has 0 radical (unpaired) electrons. The molecule has 0 saturated heterocycles. The molecule has 0 atom stereocenters. The van der Waals surface area contributed by atoms with Gasteiger partial charge in [0, 0.05) is 6.20 Å². The molecule has 2 rings (SSSR count). The average Bonchev–Trinajstić information content (AvgIpc) is 2.56. The molecule has 0 aliphatic carbocycles. The molecule has 2 aromatic rings. The van der Waals surface area contributed by atoms with E-state index in [1.807, 2.05) is 0 Å². The Morgan fingerprint density at radius 2 is 2.38 bits per heavy atom. The summed E-state index contributed by atoms with van der Waals surface area (Å²) in [6, 6.07) is 1.53. The van der Waals surface area contributed by atoms with Crippen LogP contribution in [0.15, 0.2) is 25.9 Å². The molecule has 0 fully saturated rings. The third-order valence-corrected chi connectivity index (χ3v) is 2.32. The van der Waals surface area contributed by atoms with E-state index in [9.17, 15) is 4.79 Å². The van der Waals surface area contributed by atoms with Crippen LogP contribution in [0.2, 0.25) is 0 Å². The molecule has 0 aliphatic rings. The van der Waals surface area contributed by atoms with Crippen molar-refractivity contribution in [1.82, 2.24) is 4.98 Å². The number of hydrogen-bond acceptors (Lipinski definition) is 3. The molecule has 0 saturated carbocycles. The van der Waals surface area contributed by atoms with Gasteiger partial charge in [0.25, 0.3) is 5.56 Å². The standard InChI is InChI=1S/C8H6BrNO3/c9-6-2-10-8(12)5-1-4(3-11)13-7(5)6/h1-2,11H,3H2,(H,10,12). The molecule has 2 aromatic heterocycles. The Morgan fingerprint density at radius 3 is 3.00 bits per heavy atom. The minimum atomic E-state index is -0.221. The maximum absolute atomic E-state index is 11.2. The fourth-order valence-corrected chi connectivity index (χ4v) is 1.55. The highest BCUT2D eigenvalue weighted by Crippen LogP contribution is 2.23. The van der Waals surface area contributed by atoms with E-state index in [2.05, 4.69) is 20.9 Å². The van der Waals surface area contributed by atoms with E-state index in [0.29, 0.717) is 21.2 Å². The van der Waals surface area contributed by atoms with Crippen LogP contribution < -0.4 is 5.56 Å². The van der Waals surface area contributed by atoms with Gasteiger partial charge in [0.05, 0.1) is 9.86 Å². The molecular weight excluding hydrogens is 238 g/mol. The maximum atomic E-state index is 11.2. The molecular formula is C8H6BrNO3. The first-order valence-corrected chi connectivity index (χ1v) is 4.42. The monoisotopic (exact) mass is 243 g/mol. The van der Waals surface area contributed by atoms with Gasteiger partial charge >= 0.3 is 0 Å². The van der Waals surface area contributed by atoms with E-state index >= 15 is 0 Å². The number of H-pyrrole nitrogens is 1. The second kappa shape index (κ2) is 3.01. The number of furan rings is 1. The lowest BCUT2D eigenvalue weighted by molar-refractivity contribution is 0.251.